The number of fused-ring (bicyclic) bond motifs is 2. The number of nitrogens with one attached hydrogen (secondary N) is 1. The molecular formula is C22H21F5N8O2. The SMILES string of the molecule is [2H]C([2H])([2H])Oc1nc(N[C@@H]2CCN(C(=O)C([2H])([2H])[2H])CC2(F)F)nn2cc(F)c(-c3ccc4nnn(CC(F)F)c4c3)c12. The lowest BCUT2D eigenvalue weighted by atomic mass is 10.0. The van der Waals surface area contributed by atoms with Gasteiger partial charge in [0.05, 0.1) is 41.0 Å². The molecule has 4 aromatic rings. The molecule has 1 saturated heterocycles. The largest absolute Gasteiger partial charge is 0.479 e. The van der Waals surface area contributed by atoms with Crippen LogP contribution in [0.15, 0.2) is 24.4 Å². The molecule has 5 rings (SSSR count). The van der Waals surface area contributed by atoms with Gasteiger partial charge in [-0.3, -0.25) is 4.79 Å². The molecule has 0 spiro atoms. The molecule has 0 unspecified atom stereocenters. The summed E-state index contributed by atoms with van der Waals surface area (Å²) in [7, 11) is -3.13. The van der Waals surface area contributed by atoms with E-state index in [1.807, 2.05) is 0 Å². The molecule has 0 aliphatic carbocycles. The van der Waals surface area contributed by atoms with Crippen molar-refractivity contribution in [3.8, 4) is 17.0 Å². The molecular weight excluding hydrogens is 503 g/mol. The smallest absolute Gasteiger partial charge is 0.285 e. The normalized spacial score (nSPS) is 20.7. The Bertz CT molecular complexity index is 1690. The van der Waals surface area contributed by atoms with Crippen LogP contribution in [0.3, 0.4) is 0 Å². The molecule has 1 fully saturated rings. The van der Waals surface area contributed by atoms with Gasteiger partial charge in [0.25, 0.3) is 12.3 Å². The third-order valence-electron chi connectivity index (χ3n) is 5.95. The van der Waals surface area contributed by atoms with Crippen molar-refractivity contribution in [3.63, 3.8) is 0 Å². The predicted molar refractivity (Wildman–Crippen MR) is 121 cm³/mol. The Kier molecular flexibility index (Phi) is 4.50. The number of alkyl halides is 4. The molecule has 1 aliphatic rings. The van der Waals surface area contributed by atoms with Crippen LogP contribution in [0, 0.1) is 5.82 Å². The molecule has 10 nitrogen and oxygen atoms in total. The Morgan fingerprint density at radius 2 is 2.22 bits per heavy atom. The molecule has 1 aromatic carbocycles. The van der Waals surface area contributed by atoms with Crippen LogP contribution in [0.5, 0.6) is 5.88 Å². The van der Waals surface area contributed by atoms with Gasteiger partial charge in [0, 0.05) is 17.5 Å². The van der Waals surface area contributed by atoms with Crippen LogP contribution in [0.1, 0.15) is 21.5 Å². The number of ether oxygens (including phenoxy) is 1. The fourth-order valence-corrected chi connectivity index (χ4v) is 4.26. The molecule has 4 heterocycles. The summed E-state index contributed by atoms with van der Waals surface area (Å²) in [5.74, 6) is -7.35. The number of aromatic nitrogens is 6. The Labute approximate surface area is 214 Å². The second-order valence-electron chi connectivity index (χ2n) is 8.33. The van der Waals surface area contributed by atoms with E-state index in [9.17, 15) is 22.4 Å². The molecule has 3 aromatic heterocycles. The average molecular weight is 530 g/mol. The van der Waals surface area contributed by atoms with E-state index < -0.39 is 75.3 Å². The van der Waals surface area contributed by atoms with E-state index in [1.165, 1.54) is 18.2 Å². The number of carbonyl (C=O) groups is 1. The highest BCUT2D eigenvalue weighted by molar-refractivity contribution is 5.89. The van der Waals surface area contributed by atoms with E-state index in [-0.39, 0.29) is 34.2 Å². The Morgan fingerprint density at radius 3 is 2.95 bits per heavy atom. The molecule has 15 heteroatoms. The van der Waals surface area contributed by atoms with Gasteiger partial charge in [-0.1, -0.05) is 11.3 Å². The third kappa shape index (κ3) is 4.49. The highest BCUT2D eigenvalue weighted by Crippen LogP contribution is 2.36. The summed E-state index contributed by atoms with van der Waals surface area (Å²) in [6.45, 7) is -5.46. The van der Waals surface area contributed by atoms with Crippen molar-refractivity contribution < 1.29 is 39.7 Å². The number of carbonyl (C=O) groups excluding carboxylic acids is 1. The highest BCUT2D eigenvalue weighted by atomic mass is 19.3. The Hall–Kier alpha value is -4.04. The number of piperidine rings is 1. The number of anilines is 1. The summed E-state index contributed by atoms with van der Waals surface area (Å²) < 4.78 is 122. The second kappa shape index (κ2) is 9.12. The molecule has 1 N–H and O–H groups in total. The zero-order valence-corrected chi connectivity index (χ0v) is 18.6. The maximum Gasteiger partial charge on any atom is 0.285 e. The minimum atomic E-state index is -3.67. The van der Waals surface area contributed by atoms with Gasteiger partial charge in [-0.2, -0.15) is 4.98 Å². The second-order valence-corrected chi connectivity index (χ2v) is 8.33. The lowest BCUT2D eigenvalue weighted by Gasteiger charge is -2.38. The van der Waals surface area contributed by atoms with Crippen LogP contribution in [0.25, 0.3) is 27.7 Å². The van der Waals surface area contributed by atoms with Crippen LogP contribution in [0.4, 0.5) is 27.9 Å². The maximum atomic E-state index is 15.4. The molecule has 0 saturated carbocycles. The first-order valence-corrected chi connectivity index (χ1v) is 10.8. The number of hydrogen-bond donors (Lipinski definition) is 1. The van der Waals surface area contributed by atoms with Crippen LogP contribution in [-0.2, 0) is 11.3 Å². The summed E-state index contributed by atoms with van der Waals surface area (Å²) in [5, 5.41) is 13.8. The number of rotatable bonds is 6. The zero-order chi connectivity index (χ0) is 31.5. The van der Waals surface area contributed by atoms with Crippen LogP contribution in [0.2, 0.25) is 0 Å². The summed E-state index contributed by atoms with van der Waals surface area (Å²) in [5.41, 5.74) is -0.166. The number of methoxy groups -OCH3 is 1. The fourth-order valence-electron chi connectivity index (χ4n) is 4.26. The summed E-state index contributed by atoms with van der Waals surface area (Å²) in [4.78, 5) is 16.4. The van der Waals surface area contributed by atoms with E-state index in [0.29, 0.717) is 4.90 Å². The molecule has 0 radical (unpaired) electrons. The lowest BCUT2D eigenvalue weighted by Crippen LogP contribution is -2.55. The van der Waals surface area contributed by atoms with Gasteiger partial charge in [0.15, 0.2) is 5.82 Å². The quantitative estimate of drug-likeness (QED) is 0.382. The first kappa shape index (κ1) is 18.2. The van der Waals surface area contributed by atoms with Gasteiger partial charge >= 0.3 is 0 Å². The van der Waals surface area contributed by atoms with Crippen molar-refractivity contribution >= 4 is 28.4 Å². The first-order chi connectivity index (χ1) is 19.9. The van der Waals surface area contributed by atoms with E-state index in [1.54, 1.807) is 0 Å². The molecule has 196 valence electrons. The minimum absolute atomic E-state index is 0.0721. The van der Waals surface area contributed by atoms with E-state index in [0.717, 1.165) is 15.4 Å². The maximum absolute atomic E-state index is 15.4. The third-order valence-corrected chi connectivity index (χ3v) is 5.95. The topological polar surface area (TPSA) is 102 Å². The fraction of sp³-hybridized carbons (Fsp3) is 0.409. The molecule has 1 aliphatic heterocycles. The van der Waals surface area contributed by atoms with Crippen LogP contribution in [-0.4, -0.2) is 78.9 Å². The van der Waals surface area contributed by atoms with Crippen LogP contribution < -0.4 is 10.1 Å². The van der Waals surface area contributed by atoms with Crippen LogP contribution >= 0.6 is 0 Å². The Balaban J connectivity index is 1.54. The number of nitrogens with zero attached hydrogens (tertiary/aromatic N) is 7. The monoisotopic (exact) mass is 530 g/mol. The molecule has 0 bridgehead atoms. The van der Waals surface area contributed by atoms with Gasteiger partial charge < -0.3 is 15.0 Å². The number of halogens is 5. The lowest BCUT2D eigenvalue weighted by molar-refractivity contribution is -0.140. The Morgan fingerprint density at radius 1 is 1.38 bits per heavy atom. The first-order valence-electron chi connectivity index (χ1n) is 13.8. The van der Waals surface area contributed by atoms with E-state index >= 15 is 4.39 Å². The van der Waals surface area contributed by atoms with Crippen molar-refractivity contribution in [1.29, 1.82) is 0 Å². The number of hydrogen-bond acceptors (Lipinski definition) is 7. The summed E-state index contributed by atoms with van der Waals surface area (Å²) >= 11 is 0. The van der Waals surface area contributed by atoms with Crippen molar-refractivity contribution in [1.82, 2.24) is 34.5 Å². The zero-order valence-electron chi connectivity index (χ0n) is 24.6. The number of benzene rings is 1. The van der Waals surface area contributed by atoms with Crippen molar-refractivity contribution in [3.05, 3.63) is 30.2 Å². The average Bonchev–Trinajstić information content (AvgIpc) is 3.42. The van der Waals surface area contributed by atoms with Gasteiger partial charge in [-0.25, -0.2) is 31.1 Å². The number of amides is 1. The van der Waals surface area contributed by atoms with Gasteiger partial charge in [0.1, 0.15) is 17.6 Å². The standard InChI is InChI=1S/C22H21F5N8O2/c1-11(36)33-6-5-16(22(26,27)10-33)28-21-29-20(37-2)19-18(13(23)8-35(19)31-21)12-3-4-14-15(7-12)34(32-30-14)9-17(24)25/h3-4,7-8,16-17H,5-6,9-10H2,1-2H3,(H,28,31)/t16-/m1/s1/i1D3,2D3. The summed E-state index contributed by atoms with van der Waals surface area (Å²) in [6.07, 6.45) is -2.38. The van der Waals surface area contributed by atoms with Crippen molar-refractivity contribution in [2.45, 2.75) is 38.2 Å². The predicted octanol–water partition coefficient (Wildman–Crippen LogP) is 3.22. The molecule has 37 heavy (non-hydrogen) atoms. The highest BCUT2D eigenvalue weighted by Gasteiger charge is 2.46. The van der Waals surface area contributed by atoms with Gasteiger partial charge in [-0.05, 0) is 24.1 Å². The van der Waals surface area contributed by atoms with Gasteiger partial charge in [-0.15, -0.1) is 10.2 Å². The minimum Gasteiger partial charge on any atom is -0.479 e. The number of likely N-dealkylation sites (tertiary alicyclic amines) is 1. The van der Waals surface area contributed by atoms with Gasteiger partial charge in [0.2, 0.25) is 17.7 Å². The van der Waals surface area contributed by atoms with Crippen molar-refractivity contribution in [2.75, 3.05) is 25.4 Å². The summed E-state index contributed by atoms with van der Waals surface area (Å²) in [6, 6.07) is 2.34. The van der Waals surface area contributed by atoms with Crippen molar-refractivity contribution in [2.24, 2.45) is 0 Å². The molecule has 1 atom stereocenters. The van der Waals surface area contributed by atoms with E-state index in [2.05, 4.69) is 25.7 Å². The van der Waals surface area contributed by atoms with E-state index in [4.69, 9.17) is 13.0 Å². The molecule has 1 amide bonds.